The molecular formula is C18H14Cl2N4O2S2. The molecule has 3 rings (SSSR count). The second kappa shape index (κ2) is 9.29. The van der Waals surface area contributed by atoms with Crippen LogP contribution in [0.15, 0.2) is 47.8 Å². The predicted molar refractivity (Wildman–Crippen MR) is 119 cm³/mol. The molecule has 0 spiro atoms. The van der Waals surface area contributed by atoms with Crippen LogP contribution in [-0.4, -0.2) is 21.6 Å². The van der Waals surface area contributed by atoms with Crippen molar-refractivity contribution in [3.05, 3.63) is 73.6 Å². The van der Waals surface area contributed by atoms with Crippen molar-refractivity contribution in [2.45, 2.75) is 6.42 Å². The van der Waals surface area contributed by atoms with Crippen LogP contribution in [0, 0.1) is 10.1 Å². The Bertz CT molecular complexity index is 1010. The number of hydrogen-bond acceptors (Lipinski definition) is 5. The molecule has 28 heavy (non-hydrogen) atoms. The van der Waals surface area contributed by atoms with Crippen molar-refractivity contribution >= 4 is 62.7 Å². The monoisotopic (exact) mass is 452 g/mol. The van der Waals surface area contributed by atoms with Crippen molar-refractivity contribution in [1.82, 2.24) is 10.3 Å². The molecule has 0 aliphatic heterocycles. The second-order valence-corrected chi connectivity index (χ2v) is 7.76. The highest BCUT2D eigenvalue weighted by Crippen LogP contribution is 2.27. The number of nitro benzene ring substituents is 1. The van der Waals surface area contributed by atoms with Gasteiger partial charge in [0.25, 0.3) is 5.69 Å². The number of non-ortho nitro benzene ring substituents is 1. The Balaban J connectivity index is 1.57. The molecule has 10 heteroatoms. The normalized spacial score (nSPS) is 10.5. The molecule has 0 saturated heterocycles. The van der Waals surface area contributed by atoms with Crippen molar-refractivity contribution in [2.75, 3.05) is 11.9 Å². The molecule has 0 saturated carbocycles. The smallest absolute Gasteiger partial charge is 0.270 e. The molecule has 0 amide bonds. The summed E-state index contributed by atoms with van der Waals surface area (Å²) >= 11 is 19.0. The number of anilines is 1. The lowest BCUT2D eigenvalue weighted by Gasteiger charge is -2.10. The van der Waals surface area contributed by atoms with Crippen LogP contribution in [0.4, 0.5) is 10.8 Å². The van der Waals surface area contributed by atoms with E-state index < -0.39 is 4.92 Å². The number of aromatic nitrogens is 1. The Hall–Kier alpha value is -2.26. The van der Waals surface area contributed by atoms with Crippen LogP contribution in [0.5, 0.6) is 0 Å². The van der Waals surface area contributed by atoms with Crippen LogP contribution in [-0.2, 0) is 6.42 Å². The maximum atomic E-state index is 10.9. The second-order valence-electron chi connectivity index (χ2n) is 5.68. The van der Waals surface area contributed by atoms with Crippen LogP contribution in [0.25, 0.3) is 11.3 Å². The summed E-state index contributed by atoms with van der Waals surface area (Å²) in [6.07, 6.45) is 0.622. The highest BCUT2D eigenvalue weighted by Gasteiger charge is 2.11. The zero-order chi connectivity index (χ0) is 20.1. The minimum atomic E-state index is -0.431. The summed E-state index contributed by atoms with van der Waals surface area (Å²) < 4.78 is 0. The highest BCUT2D eigenvalue weighted by atomic mass is 35.5. The molecule has 0 bridgehead atoms. The fraction of sp³-hybridized carbons (Fsp3) is 0.111. The molecule has 0 unspecified atom stereocenters. The van der Waals surface area contributed by atoms with Crippen molar-refractivity contribution in [3.8, 4) is 11.3 Å². The van der Waals surface area contributed by atoms with Gasteiger partial charge >= 0.3 is 0 Å². The molecule has 2 aromatic carbocycles. The Morgan fingerprint density at radius 2 is 1.93 bits per heavy atom. The van der Waals surface area contributed by atoms with Gasteiger partial charge in [-0.15, -0.1) is 11.3 Å². The minimum absolute atomic E-state index is 0.0235. The summed E-state index contributed by atoms with van der Waals surface area (Å²) in [6, 6.07) is 11.7. The molecule has 0 aliphatic carbocycles. The van der Waals surface area contributed by atoms with Crippen molar-refractivity contribution in [2.24, 2.45) is 0 Å². The van der Waals surface area contributed by atoms with E-state index in [0.717, 1.165) is 5.56 Å². The average Bonchev–Trinajstić information content (AvgIpc) is 3.12. The van der Waals surface area contributed by atoms with Gasteiger partial charge in [0.2, 0.25) is 0 Å². The molecule has 0 aliphatic rings. The van der Waals surface area contributed by atoms with Gasteiger partial charge in [-0.1, -0.05) is 41.4 Å². The molecule has 0 radical (unpaired) electrons. The van der Waals surface area contributed by atoms with E-state index in [0.29, 0.717) is 44.5 Å². The zero-order valence-corrected chi connectivity index (χ0v) is 17.5. The third kappa shape index (κ3) is 5.17. The average molecular weight is 453 g/mol. The molecule has 1 aromatic heterocycles. The summed E-state index contributed by atoms with van der Waals surface area (Å²) in [5.74, 6) is 0. The van der Waals surface area contributed by atoms with Crippen LogP contribution < -0.4 is 10.6 Å². The first-order chi connectivity index (χ1) is 13.4. The first kappa shape index (κ1) is 20.5. The molecule has 0 atom stereocenters. The standard InChI is InChI=1S/C18H14Cl2N4O2S2/c19-14-5-2-6-15(20)13(14)7-8-21-17(27)23-18-22-16(10-28-18)11-3-1-4-12(9-11)24(25)26/h1-6,9-10H,7-8H2,(H2,21,22,23,27). The molecule has 144 valence electrons. The van der Waals surface area contributed by atoms with Crippen molar-refractivity contribution in [3.63, 3.8) is 0 Å². The predicted octanol–water partition coefficient (Wildman–Crippen LogP) is 5.55. The lowest BCUT2D eigenvalue weighted by molar-refractivity contribution is -0.384. The Morgan fingerprint density at radius 3 is 2.64 bits per heavy atom. The minimum Gasteiger partial charge on any atom is -0.362 e. The topological polar surface area (TPSA) is 80.1 Å². The summed E-state index contributed by atoms with van der Waals surface area (Å²) in [5.41, 5.74) is 2.20. The zero-order valence-electron chi connectivity index (χ0n) is 14.3. The number of thiocarbonyl (C=S) groups is 1. The fourth-order valence-corrected chi connectivity index (χ4v) is 4.03. The van der Waals surface area contributed by atoms with E-state index in [1.807, 2.05) is 5.38 Å². The number of nitrogens with zero attached hydrogens (tertiary/aromatic N) is 2. The van der Waals surface area contributed by atoms with Crippen LogP contribution in [0.2, 0.25) is 10.0 Å². The van der Waals surface area contributed by atoms with E-state index in [4.69, 9.17) is 35.4 Å². The van der Waals surface area contributed by atoms with E-state index >= 15 is 0 Å². The molecule has 3 aromatic rings. The van der Waals surface area contributed by atoms with Crippen LogP contribution in [0.1, 0.15) is 5.56 Å². The molecule has 2 N–H and O–H groups in total. The van der Waals surface area contributed by atoms with Gasteiger partial charge in [-0.3, -0.25) is 10.1 Å². The van der Waals surface area contributed by atoms with Gasteiger partial charge in [-0.05, 0) is 36.3 Å². The van der Waals surface area contributed by atoms with Gasteiger partial charge in [-0.25, -0.2) is 4.98 Å². The molecule has 0 fully saturated rings. The van der Waals surface area contributed by atoms with Crippen LogP contribution in [0.3, 0.4) is 0 Å². The van der Waals surface area contributed by atoms with E-state index in [1.54, 1.807) is 30.3 Å². The molecule has 1 heterocycles. The number of thiazole rings is 1. The lowest BCUT2D eigenvalue weighted by atomic mass is 10.1. The fourth-order valence-electron chi connectivity index (χ4n) is 2.46. The SMILES string of the molecule is O=[N+]([O-])c1cccc(-c2csc(NC(=S)NCCc3c(Cl)cccc3Cl)n2)c1. The van der Waals surface area contributed by atoms with E-state index in [2.05, 4.69) is 15.6 Å². The lowest BCUT2D eigenvalue weighted by Crippen LogP contribution is -2.30. The highest BCUT2D eigenvalue weighted by molar-refractivity contribution is 7.80. The van der Waals surface area contributed by atoms with Crippen molar-refractivity contribution < 1.29 is 4.92 Å². The third-order valence-corrected chi connectivity index (χ3v) is 5.51. The quantitative estimate of drug-likeness (QED) is 0.289. The first-order valence-corrected chi connectivity index (χ1v) is 10.2. The van der Waals surface area contributed by atoms with Crippen LogP contribution >= 0.6 is 46.8 Å². The van der Waals surface area contributed by atoms with Gasteiger partial charge in [0, 0.05) is 39.7 Å². The maximum Gasteiger partial charge on any atom is 0.270 e. The summed E-state index contributed by atoms with van der Waals surface area (Å²) in [7, 11) is 0. The Labute approximate surface area is 180 Å². The summed E-state index contributed by atoms with van der Waals surface area (Å²) in [6.45, 7) is 0.554. The number of hydrogen-bond donors (Lipinski definition) is 2. The number of halogens is 2. The molecule has 6 nitrogen and oxygen atoms in total. The van der Waals surface area contributed by atoms with Gasteiger partial charge in [0.15, 0.2) is 10.2 Å². The number of rotatable bonds is 6. The van der Waals surface area contributed by atoms with Gasteiger partial charge in [0.1, 0.15) is 0 Å². The van der Waals surface area contributed by atoms with Crippen molar-refractivity contribution in [1.29, 1.82) is 0 Å². The maximum absolute atomic E-state index is 10.9. The van der Waals surface area contributed by atoms with E-state index in [-0.39, 0.29) is 5.69 Å². The van der Waals surface area contributed by atoms with E-state index in [9.17, 15) is 10.1 Å². The summed E-state index contributed by atoms with van der Waals surface area (Å²) in [4.78, 5) is 14.9. The summed E-state index contributed by atoms with van der Waals surface area (Å²) in [5, 5.41) is 21.1. The Morgan fingerprint density at radius 1 is 1.21 bits per heavy atom. The van der Waals surface area contributed by atoms with Gasteiger partial charge in [0.05, 0.1) is 10.6 Å². The Kier molecular flexibility index (Phi) is 6.79. The van der Waals surface area contributed by atoms with E-state index in [1.165, 1.54) is 23.5 Å². The number of nitrogens with one attached hydrogen (secondary N) is 2. The molecular weight excluding hydrogens is 439 g/mol. The van der Waals surface area contributed by atoms with Gasteiger partial charge in [-0.2, -0.15) is 0 Å². The first-order valence-electron chi connectivity index (χ1n) is 8.12. The third-order valence-electron chi connectivity index (χ3n) is 3.80. The number of benzene rings is 2. The van der Waals surface area contributed by atoms with Gasteiger partial charge < -0.3 is 10.6 Å². The largest absolute Gasteiger partial charge is 0.362 e. The number of nitro groups is 1.